The van der Waals surface area contributed by atoms with Crippen molar-refractivity contribution < 1.29 is 4.79 Å². The van der Waals surface area contributed by atoms with Gasteiger partial charge >= 0.3 is 0 Å². The van der Waals surface area contributed by atoms with E-state index in [1.165, 1.54) is 4.68 Å². The second-order valence-corrected chi connectivity index (χ2v) is 5.85. The summed E-state index contributed by atoms with van der Waals surface area (Å²) in [5, 5.41) is 3.09. The van der Waals surface area contributed by atoms with Gasteiger partial charge < -0.3 is 0 Å². The molecule has 2 heterocycles. The van der Waals surface area contributed by atoms with Gasteiger partial charge in [0.2, 0.25) is 0 Å². The van der Waals surface area contributed by atoms with Crippen molar-refractivity contribution in [1.82, 2.24) is 14.8 Å². The fourth-order valence-corrected chi connectivity index (χ4v) is 2.83. The van der Waals surface area contributed by atoms with Crippen LogP contribution in [0.2, 0.25) is 0 Å². The Hall–Kier alpha value is -3.73. The smallest absolute Gasteiger partial charge is 0.273 e. The summed E-state index contributed by atoms with van der Waals surface area (Å²) >= 11 is 0. The first kappa shape index (κ1) is 15.8. The summed E-state index contributed by atoms with van der Waals surface area (Å²) in [5.41, 5.74) is 4.07. The molecule has 0 aliphatic carbocycles. The number of rotatable bonds is 4. The molecule has 0 spiro atoms. The summed E-state index contributed by atoms with van der Waals surface area (Å²) in [4.78, 5) is 27.4. The Morgan fingerprint density at radius 1 is 0.846 bits per heavy atom. The van der Waals surface area contributed by atoms with Crippen molar-refractivity contribution in [1.29, 1.82) is 0 Å². The molecular formula is C21H15N3O2. The first-order valence-electron chi connectivity index (χ1n) is 8.14. The minimum absolute atomic E-state index is 0.165. The Kier molecular flexibility index (Phi) is 4.03. The van der Waals surface area contributed by atoms with Crippen LogP contribution in [0.3, 0.4) is 0 Å². The molecular weight excluding hydrogens is 326 g/mol. The quantitative estimate of drug-likeness (QED) is 0.575. The van der Waals surface area contributed by atoms with Gasteiger partial charge in [0.25, 0.3) is 5.56 Å². The number of hydrogen-bond acceptors (Lipinski definition) is 3. The lowest BCUT2D eigenvalue weighted by Crippen LogP contribution is -2.14. The van der Waals surface area contributed by atoms with Crippen LogP contribution in [0.15, 0.2) is 83.8 Å². The standard InChI is InChI=1S/C21H15N3O2/c25-14-15-4-3-5-18(12-15)16-7-9-17(10-8-16)19-13-21(26)24(23-19)20-6-1-2-11-22-20/h1-14,23H. The second kappa shape index (κ2) is 6.64. The summed E-state index contributed by atoms with van der Waals surface area (Å²) in [7, 11) is 0. The highest BCUT2D eigenvalue weighted by Gasteiger charge is 2.08. The monoisotopic (exact) mass is 341 g/mol. The zero-order valence-corrected chi connectivity index (χ0v) is 13.8. The van der Waals surface area contributed by atoms with E-state index < -0.39 is 0 Å². The average molecular weight is 341 g/mol. The lowest BCUT2D eigenvalue weighted by molar-refractivity contribution is 0.112. The molecule has 4 rings (SSSR count). The molecule has 0 fully saturated rings. The number of nitrogens with zero attached hydrogens (tertiary/aromatic N) is 2. The maximum absolute atomic E-state index is 12.2. The van der Waals surface area contributed by atoms with E-state index in [0.717, 1.165) is 23.0 Å². The van der Waals surface area contributed by atoms with E-state index in [-0.39, 0.29) is 5.56 Å². The van der Waals surface area contributed by atoms with E-state index in [9.17, 15) is 9.59 Å². The lowest BCUT2D eigenvalue weighted by atomic mass is 10.0. The Morgan fingerprint density at radius 2 is 1.65 bits per heavy atom. The first-order chi connectivity index (χ1) is 12.7. The highest BCUT2D eigenvalue weighted by atomic mass is 16.1. The van der Waals surface area contributed by atoms with Gasteiger partial charge in [0.05, 0.1) is 5.69 Å². The van der Waals surface area contributed by atoms with Gasteiger partial charge in [-0.3, -0.25) is 14.7 Å². The number of carbonyl (C=O) groups excluding carboxylic acids is 1. The van der Waals surface area contributed by atoms with Crippen molar-refractivity contribution in [3.8, 4) is 28.2 Å². The maximum atomic E-state index is 12.2. The number of aldehydes is 1. The predicted octanol–water partition coefficient (Wildman–Crippen LogP) is 3.71. The number of nitrogens with one attached hydrogen (secondary N) is 1. The third-order valence-electron chi connectivity index (χ3n) is 4.15. The lowest BCUT2D eigenvalue weighted by Gasteiger charge is -2.05. The number of benzene rings is 2. The third kappa shape index (κ3) is 2.98. The van der Waals surface area contributed by atoms with E-state index >= 15 is 0 Å². The number of H-pyrrole nitrogens is 1. The van der Waals surface area contributed by atoms with Crippen molar-refractivity contribution in [2.45, 2.75) is 0 Å². The molecule has 126 valence electrons. The summed E-state index contributed by atoms with van der Waals surface area (Å²) in [6.45, 7) is 0. The average Bonchev–Trinajstić information content (AvgIpc) is 3.10. The topological polar surface area (TPSA) is 67.8 Å². The summed E-state index contributed by atoms with van der Waals surface area (Å²) in [5.74, 6) is 0.547. The molecule has 26 heavy (non-hydrogen) atoms. The third-order valence-corrected chi connectivity index (χ3v) is 4.15. The molecule has 5 heteroatoms. The number of aromatic amines is 1. The molecule has 0 amide bonds. The van der Waals surface area contributed by atoms with E-state index in [1.54, 1.807) is 30.5 Å². The van der Waals surface area contributed by atoms with Gasteiger partial charge in [-0.1, -0.05) is 48.5 Å². The largest absolute Gasteiger partial charge is 0.298 e. The van der Waals surface area contributed by atoms with Gasteiger partial charge in [-0.2, -0.15) is 0 Å². The van der Waals surface area contributed by atoms with Gasteiger partial charge in [0.1, 0.15) is 6.29 Å². The van der Waals surface area contributed by atoms with Crippen LogP contribution in [0.4, 0.5) is 0 Å². The zero-order chi connectivity index (χ0) is 17.9. The van der Waals surface area contributed by atoms with Crippen molar-refractivity contribution in [3.63, 3.8) is 0 Å². The Balaban J connectivity index is 1.67. The van der Waals surface area contributed by atoms with Gasteiger partial charge in [-0.25, -0.2) is 9.67 Å². The molecule has 0 aliphatic heterocycles. The van der Waals surface area contributed by atoms with Crippen LogP contribution >= 0.6 is 0 Å². The predicted molar refractivity (Wildman–Crippen MR) is 100 cm³/mol. The fourth-order valence-electron chi connectivity index (χ4n) is 2.83. The van der Waals surface area contributed by atoms with Crippen LogP contribution in [0.1, 0.15) is 10.4 Å². The summed E-state index contributed by atoms with van der Waals surface area (Å²) in [6.07, 6.45) is 2.48. The van der Waals surface area contributed by atoms with Crippen LogP contribution in [0, 0.1) is 0 Å². The molecule has 2 aromatic carbocycles. The SMILES string of the molecule is O=Cc1cccc(-c2ccc(-c3cc(=O)n(-c4ccccn4)[nH]3)cc2)c1. The number of pyridine rings is 1. The van der Waals surface area contributed by atoms with Gasteiger partial charge in [0, 0.05) is 17.8 Å². The van der Waals surface area contributed by atoms with E-state index in [1.807, 2.05) is 48.5 Å². The molecule has 0 saturated carbocycles. The minimum Gasteiger partial charge on any atom is -0.298 e. The fraction of sp³-hybridized carbons (Fsp3) is 0. The highest BCUT2D eigenvalue weighted by Crippen LogP contribution is 2.24. The van der Waals surface area contributed by atoms with Crippen molar-refractivity contribution in [2.24, 2.45) is 0 Å². The van der Waals surface area contributed by atoms with Crippen LogP contribution in [0.25, 0.3) is 28.2 Å². The molecule has 4 aromatic rings. The number of carbonyl (C=O) groups is 1. The van der Waals surface area contributed by atoms with Gasteiger partial charge in [0.15, 0.2) is 5.82 Å². The molecule has 0 atom stereocenters. The molecule has 0 unspecified atom stereocenters. The van der Waals surface area contributed by atoms with Gasteiger partial charge in [-0.05, 0) is 34.9 Å². The molecule has 0 bridgehead atoms. The molecule has 0 saturated heterocycles. The van der Waals surface area contributed by atoms with Crippen LogP contribution in [-0.4, -0.2) is 21.1 Å². The van der Waals surface area contributed by atoms with Crippen molar-refractivity contribution in [3.05, 3.63) is 94.9 Å². The first-order valence-corrected chi connectivity index (χ1v) is 8.14. The van der Waals surface area contributed by atoms with E-state index in [4.69, 9.17) is 0 Å². The van der Waals surface area contributed by atoms with E-state index in [0.29, 0.717) is 17.1 Å². The second-order valence-electron chi connectivity index (χ2n) is 5.85. The summed E-state index contributed by atoms with van der Waals surface area (Å²) < 4.78 is 1.41. The Bertz CT molecular complexity index is 1110. The maximum Gasteiger partial charge on any atom is 0.273 e. The number of hydrogen-bond donors (Lipinski definition) is 1. The minimum atomic E-state index is -0.165. The van der Waals surface area contributed by atoms with Gasteiger partial charge in [-0.15, -0.1) is 0 Å². The van der Waals surface area contributed by atoms with Crippen molar-refractivity contribution in [2.75, 3.05) is 0 Å². The molecule has 2 aromatic heterocycles. The Morgan fingerprint density at radius 3 is 2.38 bits per heavy atom. The van der Waals surface area contributed by atoms with Crippen LogP contribution < -0.4 is 5.56 Å². The highest BCUT2D eigenvalue weighted by molar-refractivity contribution is 5.79. The van der Waals surface area contributed by atoms with Crippen LogP contribution in [0.5, 0.6) is 0 Å². The molecule has 5 nitrogen and oxygen atoms in total. The molecule has 1 N–H and O–H groups in total. The van der Waals surface area contributed by atoms with E-state index in [2.05, 4.69) is 10.1 Å². The Labute approximate surface area is 149 Å². The van der Waals surface area contributed by atoms with Crippen LogP contribution in [-0.2, 0) is 0 Å². The molecule has 0 aliphatic rings. The zero-order valence-electron chi connectivity index (χ0n) is 13.8. The summed E-state index contributed by atoms with van der Waals surface area (Å²) in [6, 6.07) is 22.2. The normalized spacial score (nSPS) is 10.6. The molecule has 0 radical (unpaired) electrons. The van der Waals surface area contributed by atoms with Crippen molar-refractivity contribution >= 4 is 6.29 Å². The number of aromatic nitrogens is 3.